The van der Waals surface area contributed by atoms with Crippen molar-refractivity contribution in [1.82, 2.24) is 19.6 Å². The molecule has 5 nitrogen and oxygen atoms in total. The van der Waals surface area contributed by atoms with Crippen molar-refractivity contribution in [1.29, 1.82) is 0 Å². The third-order valence-electron chi connectivity index (χ3n) is 4.43. The van der Waals surface area contributed by atoms with Crippen molar-refractivity contribution in [2.24, 2.45) is 0 Å². The van der Waals surface area contributed by atoms with Crippen molar-refractivity contribution in [2.45, 2.75) is 25.6 Å². The zero-order chi connectivity index (χ0) is 16.2. The Morgan fingerprint density at radius 3 is 2.70 bits per heavy atom. The van der Waals surface area contributed by atoms with Gasteiger partial charge in [0.25, 0.3) is 0 Å². The van der Waals surface area contributed by atoms with Crippen LogP contribution in [0.25, 0.3) is 0 Å². The minimum Gasteiger partial charge on any atom is -0.497 e. The average Bonchev–Trinajstić information content (AvgIpc) is 3.02. The molecule has 0 unspecified atom stereocenters. The number of ether oxygens (including phenoxy) is 1. The minimum absolute atomic E-state index is 0.453. The molecule has 0 saturated carbocycles. The number of hydrogen-bond donors (Lipinski definition) is 0. The predicted molar refractivity (Wildman–Crippen MR) is 91.5 cm³/mol. The summed E-state index contributed by atoms with van der Waals surface area (Å²) in [6, 6.07) is 11.0. The molecule has 3 rings (SSSR count). The molecular formula is C18H26N4O. The topological polar surface area (TPSA) is 33.5 Å². The standard InChI is InChI=1S/C18H26N4O/c1-20(2)11-9-17-14-21(13-16-8-10-19-22(16)17)12-15-4-6-18(23-3)7-5-15/h4-8,10,17H,9,11-14H2,1-3H3/t17-/m0/s1. The summed E-state index contributed by atoms with van der Waals surface area (Å²) < 4.78 is 7.45. The Morgan fingerprint density at radius 2 is 2.00 bits per heavy atom. The lowest BCUT2D eigenvalue weighted by Gasteiger charge is -2.34. The summed E-state index contributed by atoms with van der Waals surface area (Å²) in [5.74, 6) is 0.911. The fraction of sp³-hybridized carbons (Fsp3) is 0.500. The number of aromatic nitrogens is 2. The minimum atomic E-state index is 0.453. The molecule has 1 aromatic heterocycles. The number of hydrogen-bond acceptors (Lipinski definition) is 4. The normalized spacial score (nSPS) is 18.2. The molecule has 0 amide bonds. The van der Waals surface area contributed by atoms with Crippen LogP contribution in [-0.4, -0.2) is 53.9 Å². The molecule has 5 heteroatoms. The van der Waals surface area contributed by atoms with Gasteiger partial charge in [-0.05, 0) is 50.8 Å². The highest BCUT2D eigenvalue weighted by Crippen LogP contribution is 2.24. The van der Waals surface area contributed by atoms with Gasteiger partial charge in [-0.1, -0.05) is 12.1 Å². The van der Waals surface area contributed by atoms with E-state index >= 15 is 0 Å². The van der Waals surface area contributed by atoms with Crippen LogP contribution in [0.5, 0.6) is 5.75 Å². The predicted octanol–water partition coefficient (Wildman–Crippen LogP) is 2.40. The molecule has 0 aliphatic carbocycles. The Labute approximate surface area is 138 Å². The fourth-order valence-electron chi connectivity index (χ4n) is 3.20. The number of rotatable bonds is 6. The average molecular weight is 314 g/mol. The van der Waals surface area contributed by atoms with Gasteiger partial charge in [-0.25, -0.2) is 0 Å². The molecule has 1 aromatic carbocycles. The first-order chi connectivity index (χ1) is 11.2. The highest BCUT2D eigenvalue weighted by atomic mass is 16.5. The second kappa shape index (κ2) is 7.15. The second-order valence-corrected chi connectivity index (χ2v) is 6.53. The smallest absolute Gasteiger partial charge is 0.118 e. The van der Waals surface area contributed by atoms with E-state index in [4.69, 9.17) is 4.74 Å². The molecule has 2 aromatic rings. The van der Waals surface area contributed by atoms with Gasteiger partial charge in [0.05, 0.1) is 18.8 Å². The number of benzene rings is 1. The lowest BCUT2D eigenvalue weighted by molar-refractivity contribution is 0.155. The van der Waals surface area contributed by atoms with Crippen LogP contribution in [0.3, 0.4) is 0 Å². The maximum atomic E-state index is 5.24. The van der Waals surface area contributed by atoms with E-state index in [0.717, 1.165) is 38.3 Å². The summed E-state index contributed by atoms with van der Waals surface area (Å²) in [5, 5.41) is 4.54. The number of fused-ring (bicyclic) bond motifs is 1. The Balaban J connectivity index is 1.68. The van der Waals surface area contributed by atoms with Gasteiger partial charge < -0.3 is 9.64 Å². The van der Waals surface area contributed by atoms with Crippen LogP contribution in [0.2, 0.25) is 0 Å². The van der Waals surface area contributed by atoms with Crippen LogP contribution in [0.15, 0.2) is 36.5 Å². The molecule has 0 bridgehead atoms. The summed E-state index contributed by atoms with van der Waals surface area (Å²) in [7, 11) is 5.96. The lowest BCUT2D eigenvalue weighted by Crippen LogP contribution is -2.38. The summed E-state index contributed by atoms with van der Waals surface area (Å²) in [6.07, 6.45) is 3.05. The van der Waals surface area contributed by atoms with Crippen molar-refractivity contribution in [3.05, 3.63) is 47.8 Å². The third kappa shape index (κ3) is 3.92. The second-order valence-electron chi connectivity index (χ2n) is 6.53. The number of methoxy groups -OCH3 is 1. The van der Waals surface area contributed by atoms with Crippen molar-refractivity contribution >= 4 is 0 Å². The molecule has 23 heavy (non-hydrogen) atoms. The SMILES string of the molecule is COc1ccc(CN2Cc3ccnn3[C@@H](CCN(C)C)C2)cc1. The molecule has 0 radical (unpaired) electrons. The van der Waals surface area contributed by atoms with E-state index in [1.54, 1.807) is 7.11 Å². The Morgan fingerprint density at radius 1 is 1.22 bits per heavy atom. The molecule has 0 N–H and O–H groups in total. The summed E-state index contributed by atoms with van der Waals surface area (Å²) in [5.41, 5.74) is 2.64. The van der Waals surface area contributed by atoms with Gasteiger partial charge in [0.1, 0.15) is 5.75 Å². The van der Waals surface area contributed by atoms with Crippen molar-refractivity contribution in [2.75, 3.05) is 34.3 Å². The molecule has 0 saturated heterocycles. The first-order valence-corrected chi connectivity index (χ1v) is 8.18. The van der Waals surface area contributed by atoms with Crippen molar-refractivity contribution < 1.29 is 4.74 Å². The summed E-state index contributed by atoms with van der Waals surface area (Å²) >= 11 is 0. The highest BCUT2D eigenvalue weighted by Gasteiger charge is 2.25. The van der Waals surface area contributed by atoms with Gasteiger partial charge in [0.15, 0.2) is 0 Å². The highest BCUT2D eigenvalue weighted by molar-refractivity contribution is 5.27. The van der Waals surface area contributed by atoms with Crippen molar-refractivity contribution in [3.63, 3.8) is 0 Å². The van der Waals surface area contributed by atoms with E-state index in [9.17, 15) is 0 Å². The van der Waals surface area contributed by atoms with Crippen molar-refractivity contribution in [3.8, 4) is 5.75 Å². The van der Waals surface area contributed by atoms with E-state index in [2.05, 4.69) is 51.9 Å². The van der Waals surface area contributed by atoms with Crippen LogP contribution in [0.4, 0.5) is 0 Å². The van der Waals surface area contributed by atoms with Crippen LogP contribution in [0.1, 0.15) is 23.7 Å². The van der Waals surface area contributed by atoms with Crippen LogP contribution >= 0.6 is 0 Å². The molecule has 124 valence electrons. The quantitative estimate of drug-likeness (QED) is 0.820. The van der Waals surface area contributed by atoms with Crippen LogP contribution < -0.4 is 4.74 Å². The monoisotopic (exact) mass is 314 g/mol. The van der Waals surface area contributed by atoms with Gasteiger partial charge in [0, 0.05) is 25.8 Å². The molecular weight excluding hydrogens is 288 g/mol. The zero-order valence-electron chi connectivity index (χ0n) is 14.3. The van der Waals surface area contributed by atoms with Gasteiger partial charge in [-0.15, -0.1) is 0 Å². The number of nitrogens with zero attached hydrogens (tertiary/aromatic N) is 4. The van der Waals surface area contributed by atoms with E-state index in [1.807, 2.05) is 18.3 Å². The summed E-state index contributed by atoms with van der Waals surface area (Å²) in [6.45, 7) is 4.06. The van der Waals surface area contributed by atoms with E-state index in [1.165, 1.54) is 11.3 Å². The van der Waals surface area contributed by atoms with E-state index in [0.29, 0.717) is 6.04 Å². The fourth-order valence-corrected chi connectivity index (χ4v) is 3.20. The van der Waals surface area contributed by atoms with Crippen LogP contribution in [-0.2, 0) is 13.1 Å². The van der Waals surface area contributed by atoms with Gasteiger partial charge >= 0.3 is 0 Å². The van der Waals surface area contributed by atoms with Crippen LogP contribution in [0, 0.1) is 0 Å². The maximum absolute atomic E-state index is 5.24. The Hall–Kier alpha value is -1.85. The first kappa shape index (κ1) is 16.0. The molecule has 1 aliphatic heterocycles. The molecule has 0 fully saturated rings. The Bertz CT molecular complexity index is 620. The lowest BCUT2D eigenvalue weighted by atomic mass is 10.1. The molecule has 1 aliphatic rings. The van der Waals surface area contributed by atoms with Gasteiger partial charge in [-0.3, -0.25) is 9.58 Å². The third-order valence-corrected chi connectivity index (χ3v) is 4.43. The summed E-state index contributed by atoms with van der Waals surface area (Å²) in [4.78, 5) is 4.75. The van der Waals surface area contributed by atoms with Gasteiger partial charge in [0.2, 0.25) is 0 Å². The molecule has 2 heterocycles. The molecule has 1 atom stereocenters. The largest absolute Gasteiger partial charge is 0.497 e. The first-order valence-electron chi connectivity index (χ1n) is 8.18. The van der Waals surface area contributed by atoms with E-state index in [-0.39, 0.29) is 0 Å². The van der Waals surface area contributed by atoms with Gasteiger partial charge in [-0.2, -0.15) is 5.10 Å². The zero-order valence-corrected chi connectivity index (χ0v) is 14.3. The Kier molecular flexibility index (Phi) is 4.98. The maximum Gasteiger partial charge on any atom is 0.118 e. The molecule has 0 spiro atoms. The van der Waals surface area contributed by atoms with E-state index < -0.39 is 0 Å².